The summed E-state index contributed by atoms with van der Waals surface area (Å²) in [5, 5.41) is 5.71. The SMILES string of the molecule is CCNC(CCSC)Cc1cccs1. The summed E-state index contributed by atoms with van der Waals surface area (Å²) in [7, 11) is 0. The van der Waals surface area contributed by atoms with Crippen molar-refractivity contribution in [1.82, 2.24) is 5.32 Å². The van der Waals surface area contributed by atoms with E-state index in [0.29, 0.717) is 6.04 Å². The zero-order valence-electron chi connectivity index (χ0n) is 8.95. The lowest BCUT2D eigenvalue weighted by atomic mass is 10.1. The van der Waals surface area contributed by atoms with Crippen molar-refractivity contribution in [1.29, 1.82) is 0 Å². The van der Waals surface area contributed by atoms with Crippen LogP contribution in [0.25, 0.3) is 0 Å². The minimum Gasteiger partial charge on any atom is -0.314 e. The minimum atomic E-state index is 0.658. The Hall–Kier alpha value is 0.01000. The van der Waals surface area contributed by atoms with Gasteiger partial charge in [0.1, 0.15) is 0 Å². The van der Waals surface area contributed by atoms with Gasteiger partial charge in [0.2, 0.25) is 0 Å². The number of nitrogens with one attached hydrogen (secondary N) is 1. The molecule has 0 bridgehead atoms. The van der Waals surface area contributed by atoms with E-state index in [1.807, 2.05) is 23.1 Å². The van der Waals surface area contributed by atoms with Gasteiger partial charge in [0.05, 0.1) is 0 Å². The van der Waals surface area contributed by atoms with Gasteiger partial charge in [-0.2, -0.15) is 11.8 Å². The number of thioether (sulfide) groups is 1. The van der Waals surface area contributed by atoms with Crippen molar-refractivity contribution in [3.8, 4) is 0 Å². The van der Waals surface area contributed by atoms with Crippen LogP contribution in [-0.2, 0) is 6.42 Å². The number of hydrogen-bond donors (Lipinski definition) is 1. The largest absolute Gasteiger partial charge is 0.314 e. The summed E-state index contributed by atoms with van der Waals surface area (Å²) >= 11 is 3.80. The Kier molecular flexibility index (Phi) is 6.32. The van der Waals surface area contributed by atoms with Crippen molar-refractivity contribution in [3.05, 3.63) is 22.4 Å². The van der Waals surface area contributed by atoms with Gasteiger partial charge in [-0.3, -0.25) is 0 Å². The van der Waals surface area contributed by atoms with Crippen LogP contribution in [-0.4, -0.2) is 24.6 Å². The van der Waals surface area contributed by atoms with Crippen molar-refractivity contribution in [2.45, 2.75) is 25.8 Å². The van der Waals surface area contributed by atoms with Gasteiger partial charge in [0, 0.05) is 10.9 Å². The van der Waals surface area contributed by atoms with Crippen LogP contribution in [0.15, 0.2) is 17.5 Å². The molecule has 3 heteroatoms. The van der Waals surface area contributed by atoms with Crippen LogP contribution < -0.4 is 5.32 Å². The van der Waals surface area contributed by atoms with Crippen molar-refractivity contribution >= 4 is 23.1 Å². The molecule has 80 valence electrons. The number of thiophene rings is 1. The molecular weight excluding hydrogens is 210 g/mol. The summed E-state index contributed by atoms with van der Waals surface area (Å²) in [6.45, 7) is 3.25. The standard InChI is InChI=1S/C11H19NS2/c1-3-12-10(6-8-13-2)9-11-5-4-7-14-11/h4-5,7,10,12H,3,6,8-9H2,1-2H3. The van der Waals surface area contributed by atoms with E-state index in [9.17, 15) is 0 Å². The highest BCUT2D eigenvalue weighted by Gasteiger charge is 2.07. The second kappa shape index (κ2) is 7.32. The van der Waals surface area contributed by atoms with Crippen molar-refractivity contribution in [2.24, 2.45) is 0 Å². The Morgan fingerprint density at radius 1 is 1.57 bits per heavy atom. The second-order valence-corrected chi connectivity index (χ2v) is 5.34. The molecule has 1 rings (SSSR count). The van der Waals surface area contributed by atoms with Crippen LogP contribution in [0.3, 0.4) is 0 Å². The maximum atomic E-state index is 3.55. The average Bonchev–Trinajstić information content (AvgIpc) is 2.67. The van der Waals surface area contributed by atoms with E-state index in [0.717, 1.165) is 6.54 Å². The quantitative estimate of drug-likeness (QED) is 0.771. The lowest BCUT2D eigenvalue weighted by Crippen LogP contribution is -2.31. The van der Waals surface area contributed by atoms with Gasteiger partial charge in [-0.25, -0.2) is 0 Å². The van der Waals surface area contributed by atoms with Crippen molar-refractivity contribution in [3.63, 3.8) is 0 Å². The fourth-order valence-corrected chi connectivity index (χ4v) is 2.80. The minimum absolute atomic E-state index is 0.658. The van der Waals surface area contributed by atoms with Gasteiger partial charge in [-0.05, 0) is 42.8 Å². The summed E-state index contributed by atoms with van der Waals surface area (Å²) in [5.74, 6) is 1.25. The molecule has 1 nitrogen and oxygen atoms in total. The Morgan fingerprint density at radius 2 is 2.43 bits per heavy atom. The summed E-state index contributed by atoms with van der Waals surface area (Å²) < 4.78 is 0. The Balaban J connectivity index is 2.34. The molecule has 14 heavy (non-hydrogen) atoms. The second-order valence-electron chi connectivity index (χ2n) is 3.32. The zero-order valence-corrected chi connectivity index (χ0v) is 10.6. The fraction of sp³-hybridized carbons (Fsp3) is 0.636. The summed E-state index contributed by atoms with van der Waals surface area (Å²) in [4.78, 5) is 1.50. The monoisotopic (exact) mass is 229 g/mol. The zero-order chi connectivity index (χ0) is 10.2. The molecule has 0 amide bonds. The molecule has 0 saturated carbocycles. The van der Waals surface area contributed by atoms with E-state index in [4.69, 9.17) is 0 Å². The Labute approximate surface area is 95.3 Å². The third kappa shape index (κ3) is 4.49. The summed E-state index contributed by atoms with van der Waals surface area (Å²) in [6, 6.07) is 5.03. The number of likely N-dealkylation sites (N-methyl/N-ethyl adjacent to an activating group) is 1. The lowest BCUT2D eigenvalue weighted by Gasteiger charge is -2.16. The van der Waals surface area contributed by atoms with Crippen LogP contribution in [0.2, 0.25) is 0 Å². The summed E-state index contributed by atoms with van der Waals surface area (Å²) in [6.07, 6.45) is 4.63. The van der Waals surface area contributed by atoms with E-state index >= 15 is 0 Å². The van der Waals surface area contributed by atoms with Crippen molar-refractivity contribution in [2.75, 3.05) is 18.6 Å². The van der Waals surface area contributed by atoms with Gasteiger partial charge >= 0.3 is 0 Å². The van der Waals surface area contributed by atoms with Crippen LogP contribution in [0.5, 0.6) is 0 Å². The Morgan fingerprint density at radius 3 is 3.00 bits per heavy atom. The molecule has 0 saturated heterocycles. The maximum Gasteiger partial charge on any atom is 0.0123 e. The predicted octanol–water partition coefficient (Wildman–Crippen LogP) is 3.02. The van der Waals surface area contributed by atoms with Gasteiger partial charge in [0.25, 0.3) is 0 Å². The molecule has 0 spiro atoms. The molecule has 0 aromatic carbocycles. The molecule has 0 aliphatic rings. The molecular formula is C11H19NS2. The highest BCUT2D eigenvalue weighted by Crippen LogP contribution is 2.13. The van der Waals surface area contributed by atoms with Gasteiger partial charge in [-0.15, -0.1) is 11.3 Å². The average molecular weight is 229 g/mol. The van der Waals surface area contributed by atoms with E-state index in [1.54, 1.807) is 0 Å². The molecule has 0 aliphatic heterocycles. The molecule has 0 radical (unpaired) electrons. The first-order valence-electron chi connectivity index (χ1n) is 5.11. The molecule has 1 N–H and O–H groups in total. The smallest absolute Gasteiger partial charge is 0.0123 e. The normalized spacial score (nSPS) is 13.0. The maximum absolute atomic E-state index is 3.55. The predicted molar refractivity (Wildman–Crippen MR) is 68.5 cm³/mol. The molecule has 1 heterocycles. The molecule has 1 aromatic heterocycles. The first kappa shape index (κ1) is 12.1. The molecule has 1 aromatic rings. The van der Waals surface area contributed by atoms with Crippen LogP contribution in [0.1, 0.15) is 18.2 Å². The summed E-state index contributed by atoms with van der Waals surface area (Å²) in [5.41, 5.74) is 0. The van der Waals surface area contributed by atoms with Crippen LogP contribution in [0, 0.1) is 0 Å². The number of rotatable bonds is 7. The highest BCUT2D eigenvalue weighted by molar-refractivity contribution is 7.98. The molecule has 1 unspecified atom stereocenters. The number of hydrogen-bond acceptors (Lipinski definition) is 3. The Bertz CT molecular complexity index is 221. The van der Waals surface area contributed by atoms with Crippen molar-refractivity contribution < 1.29 is 0 Å². The first-order chi connectivity index (χ1) is 6.86. The molecule has 1 atom stereocenters. The van der Waals surface area contributed by atoms with E-state index in [-0.39, 0.29) is 0 Å². The highest BCUT2D eigenvalue weighted by atomic mass is 32.2. The topological polar surface area (TPSA) is 12.0 Å². The third-order valence-electron chi connectivity index (χ3n) is 2.19. The van der Waals surface area contributed by atoms with Gasteiger partial charge in [-0.1, -0.05) is 13.0 Å². The van der Waals surface area contributed by atoms with Crippen LogP contribution >= 0.6 is 23.1 Å². The van der Waals surface area contributed by atoms with E-state index in [2.05, 4.69) is 36.0 Å². The van der Waals surface area contributed by atoms with Gasteiger partial charge in [0.15, 0.2) is 0 Å². The van der Waals surface area contributed by atoms with E-state index in [1.165, 1.54) is 23.5 Å². The van der Waals surface area contributed by atoms with E-state index < -0.39 is 0 Å². The lowest BCUT2D eigenvalue weighted by molar-refractivity contribution is 0.516. The third-order valence-corrected chi connectivity index (χ3v) is 3.73. The molecule has 0 fully saturated rings. The van der Waals surface area contributed by atoms with Crippen LogP contribution in [0.4, 0.5) is 0 Å². The first-order valence-corrected chi connectivity index (χ1v) is 7.38. The molecule has 0 aliphatic carbocycles. The van der Waals surface area contributed by atoms with Gasteiger partial charge < -0.3 is 5.32 Å². The fourth-order valence-electron chi connectivity index (χ4n) is 1.50.